The fraction of sp³-hybridized carbons (Fsp3) is 0.0526. The Labute approximate surface area is 124 Å². The molecule has 0 amide bonds. The molecule has 0 aliphatic carbocycles. The monoisotopic (exact) mass is 274 g/mol. The minimum atomic E-state index is 0.119. The number of nitrogens with zero attached hydrogens (tertiary/aromatic N) is 1. The molecular formula is C19H16NO+. The van der Waals surface area contributed by atoms with Crippen molar-refractivity contribution in [3.8, 4) is 11.1 Å². The predicted octanol–water partition coefficient (Wildman–Crippen LogP) is 3.52. The van der Waals surface area contributed by atoms with Gasteiger partial charge in [0.1, 0.15) is 0 Å². The SMILES string of the molecule is O=C(C[n+]1ccc(-c2ccccc2)cc1)c1ccccc1. The molecule has 0 N–H and O–H groups in total. The van der Waals surface area contributed by atoms with Crippen LogP contribution in [0.15, 0.2) is 85.2 Å². The first kappa shape index (κ1) is 13.3. The van der Waals surface area contributed by atoms with Gasteiger partial charge in [-0.1, -0.05) is 60.7 Å². The van der Waals surface area contributed by atoms with Gasteiger partial charge in [0.05, 0.1) is 0 Å². The van der Waals surface area contributed by atoms with Crippen LogP contribution in [0.3, 0.4) is 0 Å². The van der Waals surface area contributed by atoms with Crippen molar-refractivity contribution in [3.05, 3.63) is 90.8 Å². The lowest BCUT2D eigenvalue weighted by Crippen LogP contribution is -2.37. The Morgan fingerprint density at radius 2 is 1.24 bits per heavy atom. The van der Waals surface area contributed by atoms with Crippen molar-refractivity contribution >= 4 is 5.78 Å². The van der Waals surface area contributed by atoms with Gasteiger partial charge < -0.3 is 0 Å². The third-order valence-corrected chi connectivity index (χ3v) is 3.42. The molecule has 0 spiro atoms. The van der Waals surface area contributed by atoms with E-state index in [9.17, 15) is 4.79 Å². The Morgan fingerprint density at radius 3 is 1.86 bits per heavy atom. The minimum absolute atomic E-state index is 0.119. The summed E-state index contributed by atoms with van der Waals surface area (Å²) >= 11 is 0. The molecule has 0 bridgehead atoms. The number of aromatic nitrogens is 1. The molecule has 0 aliphatic heterocycles. The molecule has 102 valence electrons. The van der Waals surface area contributed by atoms with Crippen molar-refractivity contribution in [3.63, 3.8) is 0 Å². The van der Waals surface area contributed by atoms with Crippen LogP contribution in [-0.4, -0.2) is 5.78 Å². The lowest BCUT2D eigenvalue weighted by Gasteiger charge is -2.01. The molecule has 21 heavy (non-hydrogen) atoms. The predicted molar refractivity (Wildman–Crippen MR) is 82.8 cm³/mol. The third-order valence-electron chi connectivity index (χ3n) is 3.42. The minimum Gasteiger partial charge on any atom is -0.287 e. The second-order valence-corrected chi connectivity index (χ2v) is 4.91. The van der Waals surface area contributed by atoms with Crippen molar-refractivity contribution in [1.82, 2.24) is 0 Å². The smallest absolute Gasteiger partial charge is 0.227 e. The van der Waals surface area contributed by atoms with E-state index in [-0.39, 0.29) is 5.78 Å². The average molecular weight is 274 g/mol. The standard InChI is InChI=1S/C19H16NO/c21-19(18-9-5-2-6-10-18)15-20-13-11-17(12-14-20)16-7-3-1-4-8-16/h1-14H,15H2/q+1. The summed E-state index contributed by atoms with van der Waals surface area (Å²) in [7, 11) is 0. The van der Waals surface area contributed by atoms with Gasteiger partial charge in [-0.3, -0.25) is 4.79 Å². The van der Waals surface area contributed by atoms with E-state index in [4.69, 9.17) is 0 Å². The normalized spacial score (nSPS) is 10.3. The number of carbonyl (C=O) groups is 1. The van der Waals surface area contributed by atoms with Crippen LogP contribution in [0.1, 0.15) is 10.4 Å². The molecule has 0 atom stereocenters. The fourth-order valence-corrected chi connectivity index (χ4v) is 2.27. The highest BCUT2D eigenvalue weighted by Crippen LogP contribution is 2.16. The number of carbonyl (C=O) groups excluding carboxylic acids is 1. The van der Waals surface area contributed by atoms with E-state index in [0.717, 1.165) is 11.1 Å². The van der Waals surface area contributed by atoms with Gasteiger partial charge in [-0.25, -0.2) is 0 Å². The zero-order valence-corrected chi connectivity index (χ0v) is 11.6. The first-order valence-electron chi connectivity index (χ1n) is 6.96. The van der Waals surface area contributed by atoms with Crippen LogP contribution in [0.5, 0.6) is 0 Å². The van der Waals surface area contributed by atoms with E-state index in [0.29, 0.717) is 6.54 Å². The maximum Gasteiger partial charge on any atom is 0.227 e. The van der Waals surface area contributed by atoms with Crippen LogP contribution in [0.4, 0.5) is 0 Å². The zero-order valence-electron chi connectivity index (χ0n) is 11.6. The Bertz CT molecular complexity index is 719. The summed E-state index contributed by atoms with van der Waals surface area (Å²) in [6, 6.07) is 23.7. The van der Waals surface area contributed by atoms with E-state index in [1.165, 1.54) is 5.56 Å². The van der Waals surface area contributed by atoms with Crippen molar-refractivity contribution < 1.29 is 9.36 Å². The molecular weight excluding hydrogens is 258 g/mol. The summed E-state index contributed by atoms with van der Waals surface area (Å²) in [6.07, 6.45) is 3.90. The summed E-state index contributed by atoms with van der Waals surface area (Å²) in [5, 5.41) is 0. The molecule has 0 saturated carbocycles. The van der Waals surface area contributed by atoms with Gasteiger partial charge in [-0.2, -0.15) is 4.57 Å². The van der Waals surface area contributed by atoms with Gasteiger partial charge in [0.15, 0.2) is 12.4 Å². The number of pyridine rings is 1. The molecule has 3 rings (SSSR count). The van der Waals surface area contributed by atoms with Gasteiger partial charge in [-0.15, -0.1) is 0 Å². The number of Topliss-reactive ketones (excluding diaryl/α,β-unsaturated/α-hetero) is 1. The maximum atomic E-state index is 12.1. The molecule has 3 aromatic rings. The summed E-state index contributed by atoms with van der Waals surface area (Å²) in [5.41, 5.74) is 3.08. The second-order valence-electron chi connectivity index (χ2n) is 4.91. The zero-order chi connectivity index (χ0) is 14.5. The van der Waals surface area contributed by atoms with Crippen LogP contribution in [0.25, 0.3) is 11.1 Å². The van der Waals surface area contributed by atoms with Gasteiger partial charge in [0.25, 0.3) is 0 Å². The Morgan fingerprint density at radius 1 is 0.714 bits per heavy atom. The number of benzene rings is 2. The third kappa shape index (κ3) is 3.23. The molecule has 2 heteroatoms. The fourth-order valence-electron chi connectivity index (χ4n) is 2.27. The second kappa shape index (κ2) is 6.14. The highest BCUT2D eigenvalue weighted by atomic mass is 16.1. The Hall–Kier alpha value is -2.74. The molecule has 2 aromatic carbocycles. The number of ketones is 1. The molecule has 0 unspecified atom stereocenters. The first-order chi connectivity index (χ1) is 10.3. The highest BCUT2D eigenvalue weighted by molar-refractivity contribution is 5.94. The molecule has 2 nitrogen and oxygen atoms in total. The lowest BCUT2D eigenvalue weighted by molar-refractivity contribution is -0.683. The van der Waals surface area contributed by atoms with Crippen LogP contribution in [0.2, 0.25) is 0 Å². The molecule has 1 aromatic heterocycles. The van der Waals surface area contributed by atoms with Gasteiger partial charge >= 0.3 is 0 Å². The van der Waals surface area contributed by atoms with E-state index < -0.39 is 0 Å². The van der Waals surface area contributed by atoms with E-state index in [1.54, 1.807) is 0 Å². The van der Waals surface area contributed by atoms with Crippen LogP contribution in [0, 0.1) is 0 Å². The summed E-state index contributed by atoms with van der Waals surface area (Å²) in [5.74, 6) is 0.119. The number of hydrogen-bond acceptors (Lipinski definition) is 1. The van der Waals surface area contributed by atoms with Gasteiger partial charge in [0, 0.05) is 17.7 Å². The van der Waals surface area contributed by atoms with Crippen molar-refractivity contribution in [1.29, 1.82) is 0 Å². The van der Waals surface area contributed by atoms with Crippen LogP contribution < -0.4 is 4.57 Å². The molecule has 0 radical (unpaired) electrons. The Balaban J connectivity index is 1.75. The lowest BCUT2D eigenvalue weighted by atomic mass is 10.1. The summed E-state index contributed by atoms with van der Waals surface area (Å²) in [6.45, 7) is 0.360. The van der Waals surface area contributed by atoms with Gasteiger partial charge in [0.2, 0.25) is 12.3 Å². The first-order valence-corrected chi connectivity index (χ1v) is 6.96. The van der Waals surface area contributed by atoms with E-state index in [1.807, 2.05) is 77.6 Å². The Kier molecular flexibility index (Phi) is 3.88. The highest BCUT2D eigenvalue weighted by Gasteiger charge is 2.11. The summed E-state index contributed by atoms with van der Waals surface area (Å²) < 4.78 is 1.90. The molecule has 0 saturated heterocycles. The number of rotatable bonds is 4. The van der Waals surface area contributed by atoms with Crippen molar-refractivity contribution in [2.24, 2.45) is 0 Å². The van der Waals surface area contributed by atoms with E-state index in [2.05, 4.69) is 12.1 Å². The quantitative estimate of drug-likeness (QED) is 0.526. The van der Waals surface area contributed by atoms with Crippen molar-refractivity contribution in [2.45, 2.75) is 6.54 Å². The summed E-state index contributed by atoms with van der Waals surface area (Å²) in [4.78, 5) is 12.1. The molecule has 0 fully saturated rings. The molecule has 0 aliphatic rings. The van der Waals surface area contributed by atoms with E-state index >= 15 is 0 Å². The largest absolute Gasteiger partial charge is 0.287 e. The van der Waals surface area contributed by atoms with Crippen molar-refractivity contribution in [2.75, 3.05) is 0 Å². The topological polar surface area (TPSA) is 20.9 Å². The maximum absolute atomic E-state index is 12.1. The molecule has 1 heterocycles. The number of hydrogen-bond donors (Lipinski definition) is 0. The van der Waals surface area contributed by atoms with Crippen LogP contribution in [-0.2, 0) is 6.54 Å². The van der Waals surface area contributed by atoms with Gasteiger partial charge in [-0.05, 0) is 11.1 Å². The average Bonchev–Trinajstić information content (AvgIpc) is 2.57. The van der Waals surface area contributed by atoms with Crippen LogP contribution >= 0.6 is 0 Å².